The molecule has 1 unspecified atom stereocenters. The van der Waals surface area contributed by atoms with Crippen molar-refractivity contribution in [2.75, 3.05) is 32.8 Å². The first-order chi connectivity index (χ1) is 15.3. The zero-order valence-electron chi connectivity index (χ0n) is 17.6. The van der Waals surface area contributed by atoms with Crippen LogP contribution >= 0.6 is 0 Å². The number of pyridine rings is 1. The van der Waals surface area contributed by atoms with E-state index in [0.29, 0.717) is 32.2 Å². The molecule has 2 aromatic heterocycles. The first-order valence-corrected chi connectivity index (χ1v) is 11.4. The zero-order valence-corrected chi connectivity index (χ0v) is 17.6. The first kappa shape index (κ1) is 19.0. The van der Waals surface area contributed by atoms with Crippen LogP contribution in [0.15, 0.2) is 36.4 Å². The molecule has 6 rings (SSSR count). The third-order valence-corrected chi connectivity index (χ3v) is 6.60. The lowest BCUT2D eigenvalue weighted by atomic mass is 10.0. The first-order valence-electron chi connectivity index (χ1n) is 11.4. The number of nitrogens with zero attached hydrogens (tertiary/aromatic N) is 4. The highest BCUT2D eigenvalue weighted by Gasteiger charge is 2.33. The Kier molecular flexibility index (Phi) is 4.73. The number of hydrogen-bond acceptors (Lipinski definition) is 5. The Labute approximate surface area is 181 Å². The number of aromatic nitrogens is 3. The number of morpholine rings is 1. The molecule has 3 aromatic rings. The van der Waals surface area contributed by atoms with Gasteiger partial charge in [-0.25, -0.2) is 9.67 Å². The second-order valence-electron chi connectivity index (χ2n) is 8.75. The molecule has 4 heterocycles. The second kappa shape index (κ2) is 7.73. The molecule has 3 fully saturated rings. The van der Waals surface area contributed by atoms with Gasteiger partial charge in [0.2, 0.25) is 0 Å². The van der Waals surface area contributed by atoms with Gasteiger partial charge in [-0.05, 0) is 50.4 Å². The molecule has 0 bridgehead atoms. The molecule has 31 heavy (non-hydrogen) atoms. The number of carbonyl (C=O) groups is 1. The standard InChI is InChI=1S/C24H27N5O2/c30-24(28-11-13-31-14-12-28)18-15-20(16-8-9-16)26-23-21(18)22(19-7-4-10-25-19)27-29(23)17-5-2-1-3-6-17/h1-3,5-6,15-16,19,25H,4,7-14H2. The zero-order chi connectivity index (χ0) is 20.8. The Bertz CT molecular complexity index is 1110. The fourth-order valence-electron chi connectivity index (χ4n) is 4.77. The number of nitrogens with one attached hydrogen (secondary N) is 1. The summed E-state index contributed by atoms with van der Waals surface area (Å²) in [5.41, 5.74) is 4.49. The van der Waals surface area contributed by atoms with E-state index < -0.39 is 0 Å². The van der Waals surface area contributed by atoms with Crippen LogP contribution in [0.3, 0.4) is 0 Å². The van der Waals surface area contributed by atoms with Gasteiger partial charge in [0.05, 0.1) is 41.6 Å². The van der Waals surface area contributed by atoms with E-state index in [1.165, 1.54) is 0 Å². The van der Waals surface area contributed by atoms with Crippen molar-refractivity contribution < 1.29 is 9.53 Å². The molecule has 160 valence electrons. The summed E-state index contributed by atoms with van der Waals surface area (Å²) in [6.45, 7) is 3.42. The molecular weight excluding hydrogens is 390 g/mol. The number of para-hydroxylation sites is 1. The molecule has 1 N–H and O–H groups in total. The van der Waals surface area contributed by atoms with E-state index in [4.69, 9.17) is 14.8 Å². The number of hydrogen-bond donors (Lipinski definition) is 1. The Morgan fingerprint density at radius 1 is 1.10 bits per heavy atom. The Balaban J connectivity index is 1.58. The molecule has 0 radical (unpaired) electrons. The average molecular weight is 418 g/mol. The number of fused-ring (bicyclic) bond motifs is 1. The molecule has 1 saturated carbocycles. The van der Waals surface area contributed by atoms with E-state index in [0.717, 1.165) is 65.9 Å². The monoisotopic (exact) mass is 417 g/mol. The van der Waals surface area contributed by atoms with Gasteiger partial charge in [-0.2, -0.15) is 5.10 Å². The summed E-state index contributed by atoms with van der Waals surface area (Å²) in [6.07, 6.45) is 4.42. The van der Waals surface area contributed by atoms with Crippen LogP contribution in [0.2, 0.25) is 0 Å². The van der Waals surface area contributed by atoms with Gasteiger partial charge in [-0.3, -0.25) is 4.79 Å². The lowest BCUT2D eigenvalue weighted by molar-refractivity contribution is 0.0304. The van der Waals surface area contributed by atoms with Gasteiger partial charge in [-0.1, -0.05) is 18.2 Å². The molecule has 1 atom stereocenters. The van der Waals surface area contributed by atoms with Crippen molar-refractivity contribution in [3.63, 3.8) is 0 Å². The van der Waals surface area contributed by atoms with E-state index >= 15 is 0 Å². The SMILES string of the molecule is O=C(c1cc(C2CC2)nc2c1c(C1CCCN1)nn2-c1ccccc1)N1CCOCC1. The Morgan fingerprint density at radius 3 is 2.61 bits per heavy atom. The third-order valence-electron chi connectivity index (χ3n) is 6.60. The lowest BCUT2D eigenvalue weighted by Crippen LogP contribution is -2.40. The van der Waals surface area contributed by atoms with Gasteiger partial charge < -0.3 is 15.0 Å². The molecule has 2 saturated heterocycles. The van der Waals surface area contributed by atoms with Crippen LogP contribution in [0.4, 0.5) is 0 Å². The van der Waals surface area contributed by atoms with E-state index in [9.17, 15) is 4.79 Å². The maximum absolute atomic E-state index is 13.7. The average Bonchev–Trinajstić information content (AvgIpc) is 3.40. The molecule has 1 amide bonds. The van der Waals surface area contributed by atoms with Crippen molar-refractivity contribution in [1.82, 2.24) is 25.0 Å². The maximum Gasteiger partial charge on any atom is 0.254 e. The van der Waals surface area contributed by atoms with Gasteiger partial charge >= 0.3 is 0 Å². The predicted octanol–water partition coefficient (Wildman–Crippen LogP) is 3.19. The van der Waals surface area contributed by atoms with Crippen LogP contribution in [0.1, 0.15) is 59.4 Å². The Hall–Kier alpha value is -2.77. The lowest BCUT2D eigenvalue weighted by Gasteiger charge is -2.27. The minimum Gasteiger partial charge on any atom is -0.378 e. The topological polar surface area (TPSA) is 72.3 Å². The van der Waals surface area contributed by atoms with Gasteiger partial charge in [0.15, 0.2) is 5.65 Å². The van der Waals surface area contributed by atoms with Gasteiger partial charge in [0.1, 0.15) is 0 Å². The minimum atomic E-state index is 0.0736. The molecule has 3 aliphatic rings. The van der Waals surface area contributed by atoms with Crippen molar-refractivity contribution >= 4 is 16.9 Å². The van der Waals surface area contributed by atoms with Crippen LogP contribution in [0, 0.1) is 0 Å². The van der Waals surface area contributed by atoms with E-state index in [1.807, 2.05) is 46.0 Å². The molecule has 7 heteroatoms. The molecular formula is C24H27N5O2. The molecule has 2 aliphatic heterocycles. The Morgan fingerprint density at radius 2 is 1.90 bits per heavy atom. The summed E-state index contributed by atoms with van der Waals surface area (Å²) in [5, 5.41) is 9.53. The second-order valence-corrected chi connectivity index (χ2v) is 8.75. The van der Waals surface area contributed by atoms with E-state index in [1.54, 1.807) is 0 Å². The van der Waals surface area contributed by atoms with Crippen molar-refractivity contribution in [2.45, 2.75) is 37.6 Å². The molecule has 1 aliphatic carbocycles. The highest BCUT2D eigenvalue weighted by atomic mass is 16.5. The highest BCUT2D eigenvalue weighted by Crippen LogP contribution is 2.42. The smallest absolute Gasteiger partial charge is 0.254 e. The van der Waals surface area contributed by atoms with Crippen molar-refractivity contribution in [3.8, 4) is 5.69 Å². The summed E-state index contributed by atoms with van der Waals surface area (Å²) in [6, 6.07) is 12.3. The number of benzene rings is 1. The molecule has 7 nitrogen and oxygen atoms in total. The predicted molar refractivity (Wildman–Crippen MR) is 118 cm³/mol. The number of amides is 1. The van der Waals surface area contributed by atoms with Crippen LogP contribution in [-0.4, -0.2) is 58.4 Å². The summed E-state index contributed by atoms with van der Waals surface area (Å²) < 4.78 is 7.42. The summed E-state index contributed by atoms with van der Waals surface area (Å²) in [5.74, 6) is 0.525. The highest BCUT2D eigenvalue weighted by molar-refractivity contribution is 6.07. The summed E-state index contributed by atoms with van der Waals surface area (Å²) in [4.78, 5) is 20.7. The fourth-order valence-corrected chi connectivity index (χ4v) is 4.77. The van der Waals surface area contributed by atoms with Gasteiger partial charge in [0.25, 0.3) is 5.91 Å². The normalized spacial score (nSPS) is 21.7. The summed E-state index contributed by atoms with van der Waals surface area (Å²) >= 11 is 0. The largest absolute Gasteiger partial charge is 0.378 e. The third kappa shape index (κ3) is 3.42. The fraction of sp³-hybridized carbons (Fsp3) is 0.458. The van der Waals surface area contributed by atoms with Crippen molar-refractivity contribution in [3.05, 3.63) is 53.3 Å². The van der Waals surface area contributed by atoms with Crippen LogP contribution in [0.25, 0.3) is 16.7 Å². The molecule has 0 spiro atoms. The van der Waals surface area contributed by atoms with Crippen molar-refractivity contribution in [2.24, 2.45) is 0 Å². The molecule has 1 aromatic carbocycles. The van der Waals surface area contributed by atoms with E-state index in [-0.39, 0.29) is 11.9 Å². The van der Waals surface area contributed by atoms with Gasteiger partial charge in [0, 0.05) is 24.7 Å². The van der Waals surface area contributed by atoms with Crippen LogP contribution in [-0.2, 0) is 4.74 Å². The number of ether oxygens (including phenoxy) is 1. The quantitative estimate of drug-likeness (QED) is 0.706. The minimum absolute atomic E-state index is 0.0736. The number of rotatable bonds is 4. The summed E-state index contributed by atoms with van der Waals surface area (Å²) in [7, 11) is 0. The van der Waals surface area contributed by atoms with Crippen LogP contribution in [0.5, 0.6) is 0 Å². The van der Waals surface area contributed by atoms with Crippen molar-refractivity contribution in [1.29, 1.82) is 0 Å². The number of carbonyl (C=O) groups excluding carboxylic acids is 1. The van der Waals surface area contributed by atoms with Crippen LogP contribution < -0.4 is 5.32 Å². The van der Waals surface area contributed by atoms with Gasteiger partial charge in [-0.15, -0.1) is 0 Å². The van der Waals surface area contributed by atoms with E-state index in [2.05, 4.69) is 5.32 Å². The maximum atomic E-state index is 13.7.